The lowest BCUT2D eigenvalue weighted by atomic mass is 9.95. The summed E-state index contributed by atoms with van der Waals surface area (Å²) in [5, 5.41) is 12.5. The highest BCUT2D eigenvalue weighted by Gasteiger charge is 2.34. The van der Waals surface area contributed by atoms with E-state index in [1.54, 1.807) is 16.8 Å². The van der Waals surface area contributed by atoms with E-state index in [0.717, 1.165) is 28.1 Å². The van der Waals surface area contributed by atoms with Gasteiger partial charge in [-0.05, 0) is 61.4 Å². The number of carbonyl (C=O) groups is 1. The van der Waals surface area contributed by atoms with Crippen LogP contribution in [0.1, 0.15) is 36.6 Å². The van der Waals surface area contributed by atoms with Crippen LogP contribution in [0.5, 0.6) is 0 Å². The first kappa shape index (κ1) is 22.7. The monoisotopic (exact) mass is 487 g/mol. The molecule has 1 amide bonds. The maximum absolute atomic E-state index is 13.6. The second kappa shape index (κ2) is 9.17. The molecular formula is C23H23Cl2N5OS. The molecule has 6 nitrogen and oxygen atoms in total. The lowest BCUT2D eigenvalue weighted by molar-refractivity contribution is -0.113. The fraction of sp³-hybridized carbons (Fsp3) is 0.261. The van der Waals surface area contributed by atoms with Crippen molar-refractivity contribution in [3.8, 4) is 0 Å². The summed E-state index contributed by atoms with van der Waals surface area (Å²) in [6.45, 7) is 7.92. The van der Waals surface area contributed by atoms with Gasteiger partial charge < -0.3 is 10.6 Å². The fourth-order valence-electron chi connectivity index (χ4n) is 3.68. The van der Waals surface area contributed by atoms with Crippen molar-refractivity contribution in [3.63, 3.8) is 0 Å². The smallest absolute Gasteiger partial charge is 0.255 e. The molecule has 9 heteroatoms. The lowest BCUT2D eigenvalue weighted by Crippen LogP contribution is -2.31. The summed E-state index contributed by atoms with van der Waals surface area (Å²) in [6.07, 6.45) is 0. The maximum atomic E-state index is 13.6. The first-order valence-corrected chi connectivity index (χ1v) is 11.9. The fourth-order valence-corrected chi connectivity index (χ4v) is 4.54. The van der Waals surface area contributed by atoms with Gasteiger partial charge in [0.2, 0.25) is 11.1 Å². The summed E-state index contributed by atoms with van der Waals surface area (Å²) in [4.78, 5) is 18.2. The molecule has 0 saturated carbocycles. The molecule has 2 N–H and O–H groups in total. The Hall–Kier alpha value is -2.48. The molecule has 0 radical (unpaired) electrons. The van der Waals surface area contributed by atoms with E-state index < -0.39 is 6.04 Å². The lowest BCUT2D eigenvalue weighted by Gasteiger charge is -2.29. The second-order valence-corrected chi connectivity index (χ2v) is 9.58. The third kappa shape index (κ3) is 4.25. The zero-order valence-electron chi connectivity index (χ0n) is 18.2. The van der Waals surface area contributed by atoms with E-state index in [9.17, 15) is 4.79 Å². The van der Waals surface area contributed by atoms with Crippen LogP contribution in [0.15, 0.2) is 52.8 Å². The van der Waals surface area contributed by atoms with Crippen molar-refractivity contribution in [2.75, 3.05) is 16.4 Å². The van der Waals surface area contributed by atoms with Gasteiger partial charge in [0.1, 0.15) is 6.04 Å². The number of amides is 1. The van der Waals surface area contributed by atoms with Crippen LogP contribution in [0.3, 0.4) is 0 Å². The Bertz CT molecular complexity index is 1240. The van der Waals surface area contributed by atoms with Crippen LogP contribution in [-0.4, -0.2) is 26.4 Å². The number of hydrogen-bond acceptors (Lipinski definition) is 5. The molecular weight excluding hydrogens is 465 g/mol. The topological polar surface area (TPSA) is 71.8 Å². The van der Waals surface area contributed by atoms with Crippen LogP contribution < -0.4 is 10.6 Å². The number of aromatic nitrogens is 3. The van der Waals surface area contributed by atoms with E-state index in [1.807, 2.05) is 52.0 Å². The predicted octanol–water partition coefficient (Wildman–Crippen LogP) is 6.24. The predicted molar refractivity (Wildman–Crippen MR) is 132 cm³/mol. The Morgan fingerprint density at radius 2 is 1.97 bits per heavy atom. The zero-order chi connectivity index (χ0) is 23.0. The average molecular weight is 488 g/mol. The molecule has 1 unspecified atom stereocenters. The van der Waals surface area contributed by atoms with Crippen molar-refractivity contribution in [2.45, 2.75) is 38.9 Å². The van der Waals surface area contributed by atoms with E-state index in [-0.39, 0.29) is 5.91 Å². The molecule has 32 heavy (non-hydrogen) atoms. The molecule has 1 aliphatic heterocycles. The first-order chi connectivity index (χ1) is 15.3. The molecule has 3 aromatic rings. The molecule has 0 saturated heterocycles. The van der Waals surface area contributed by atoms with Crippen molar-refractivity contribution >= 4 is 52.5 Å². The number of nitrogens with one attached hydrogen (secondary N) is 2. The molecule has 1 atom stereocenters. The van der Waals surface area contributed by atoms with Crippen molar-refractivity contribution < 1.29 is 4.79 Å². The van der Waals surface area contributed by atoms with Crippen LogP contribution in [0.4, 0.5) is 11.6 Å². The summed E-state index contributed by atoms with van der Waals surface area (Å²) in [5.74, 6) is 1.20. The molecule has 0 spiro atoms. The Kier molecular flexibility index (Phi) is 6.51. The number of benzene rings is 2. The number of nitrogens with zero attached hydrogens (tertiary/aromatic N) is 3. The van der Waals surface area contributed by atoms with E-state index >= 15 is 0 Å². The third-order valence-corrected chi connectivity index (χ3v) is 6.92. The van der Waals surface area contributed by atoms with E-state index in [0.29, 0.717) is 32.4 Å². The largest absolute Gasteiger partial charge is 0.328 e. The summed E-state index contributed by atoms with van der Waals surface area (Å²) in [5.41, 5.74) is 4.94. The summed E-state index contributed by atoms with van der Waals surface area (Å²) < 4.78 is 1.74. The van der Waals surface area contributed by atoms with Crippen LogP contribution in [0.25, 0.3) is 0 Å². The van der Waals surface area contributed by atoms with Gasteiger partial charge in [0.15, 0.2) is 0 Å². The van der Waals surface area contributed by atoms with E-state index in [4.69, 9.17) is 23.2 Å². The minimum Gasteiger partial charge on any atom is -0.328 e. The molecule has 1 aliphatic rings. The minimum absolute atomic E-state index is 0.217. The van der Waals surface area contributed by atoms with Crippen LogP contribution in [0.2, 0.25) is 10.0 Å². The van der Waals surface area contributed by atoms with Gasteiger partial charge in [-0.15, -0.1) is 5.10 Å². The first-order valence-electron chi connectivity index (χ1n) is 10.2. The van der Waals surface area contributed by atoms with Gasteiger partial charge >= 0.3 is 0 Å². The standard InChI is InChI=1S/C23H23Cl2N5OS/c1-5-32-23-28-22-26-14(4)19(21(31)27-18-8-6-7-12(2)13(18)3)20(30(22)29-23)15-9-10-16(24)17(25)11-15/h6-11,20H,5H2,1-4H3,(H,27,31)(H,26,28,29). The molecule has 2 heterocycles. The van der Waals surface area contributed by atoms with Gasteiger partial charge in [0, 0.05) is 11.4 Å². The molecule has 0 fully saturated rings. The van der Waals surface area contributed by atoms with Crippen molar-refractivity contribution in [2.24, 2.45) is 0 Å². The molecule has 4 rings (SSSR count). The summed E-state index contributed by atoms with van der Waals surface area (Å²) >= 11 is 14.0. The Labute approximate surface area is 201 Å². The number of allylic oxidation sites excluding steroid dienone is 1. The van der Waals surface area contributed by atoms with Crippen LogP contribution in [0, 0.1) is 13.8 Å². The van der Waals surface area contributed by atoms with E-state index in [1.165, 1.54) is 11.8 Å². The maximum Gasteiger partial charge on any atom is 0.255 e. The van der Waals surface area contributed by atoms with Gasteiger partial charge in [-0.3, -0.25) is 4.79 Å². The van der Waals surface area contributed by atoms with Gasteiger partial charge in [-0.25, -0.2) is 4.68 Å². The quantitative estimate of drug-likeness (QED) is 0.416. The van der Waals surface area contributed by atoms with Gasteiger partial charge in [-0.2, -0.15) is 4.98 Å². The number of fused-ring (bicyclic) bond motifs is 1. The number of aryl methyl sites for hydroxylation is 1. The number of hydrogen-bond donors (Lipinski definition) is 2. The highest BCUT2D eigenvalue weighted by Crippen LogP contribution is 2.38. The number of halogens is 2. The molecule has 0 bridgehead atoms. The molecule has 166 valence electrons. The molecule has 2 aromatic carbocycles. The number of anilines is 2. The molecule has 0 aliphatic carbocycles. The highest BCUT2D eigenvalue weighted by molar-refractivity contribution is 7.99. The van der Waals surface area contributed by atoms with Crippen molar-refractivity contribution in [3.05, 3.63) is 74.4 Å². The zero-order valence-corrected chi connectivity index (χ0v) is 20.5. The minimum atomic E-state index is -0.509. The van der Waals surface area contributed by atoms with Gasteiger partial charge in [0.05, 0.1) is 15.6 Å². The third-order valence-electron chi connectivity index (χ3n) is 5.46. The van der Waals surface area contributed by atoms with Gasteiger partial charge in [0.25, 0.3) is 5.91 Å². The highest BCUT2D eigenvalue weighted by atomic mass is 35.5. The number of thioether (sulfide) groups is 1. The summed E-state index contributed by atoms with van der Waals surface area (Å²) in [6, 6.07) is 10.7. The van der Waals surface area contributed by atoms with Crippen molar-refractivity contribution in [1.82, 2.24) is 14.8 Å². The van der Waals surface area contributed by atoms with Crippen LogP contribution in [-0.2, 0) is 4.79 Å². The van der Waals surface area contributed by atoms with Crippen LogP contribution >= 0.6 is 35.0 Å². The van der Waals surface area contributed by atoms with E-state index in [2.05, 4.69) is 20.7 Å². The number of carbonyl (C=O) groups excluding carboxylic acids is 1. The Morgan fingerprint density at radius 3 is 2.69 bits per heavy atom. The van der Waals surface area contributed by atoms with Crippen molar-refractivity contribution in [1.29, 1.82) is 0 Å². The SMILES string of the molecule is CCSc1nc2n(n1)C(c1ccc(Cl)c(Cl)c1)C(C(=O)Nc1cccc(C)c1C)=C(C)N2. The normalized spacial score (nSPS) is 15.4. The second-order valence-electron chi connectivity index (χ2n) is 7.54. The Morgan fingerprint density at radius 1 is 1.19 bits per heavy atom. The average Bonchev–Trinajstić information content (AvgIpc) is 3.14. The summed E-state index contributed by atoms with van der Waals surface area (Å²) in [7, 11) is 0. The number of rotatable bonds is 5. The molecule has 1 aromatic heterocycles. The van der Waals surface area contributed by atoms with Gasteiger partial charge in [-0.1, -0.05) is 60.1 Å². The Balaban J connectivity index is 1.81.